The van der Waals surface area contributed by atoms with Gasteiger partial charge in [0.1, 0.15) is 0 Å². The first-order chi connectivity index (χ1) is 11.4. The van der Waals surface area contributed by atoms with Gasteiger partial charge in [-0.25, -0.2) is 0 Å². The van der Waals surface area contributed by atoms with Crippen molar-refractivity contribution in [2.75, 3.05) is 38.0 Å². The molecule has 0 atom stereocenters. The molecule has 0 saturated heterocycles. The highest BCUT2D eigenvalue weighted by atomic mass is 35.5. The SMILES string of the molecule is CN(C)c1ccc(C=NN=Cc2ccc(N(C)C)cc2Cl)c(Cl)c1. The smallest absolute Gasteiger partial charge is 0.0583 e. The molecule has 0 heterocycles. The van der Waals surface area contributed by atoms with Gasteiger partial charge in [-0.15, -0.1) is 0 Å². The van der Waals surface area contributed by atoms with Gasteiger partial charge in [-0.2, -0.15) is 10.2 Å². The molecular formula is C18H20Cl2N4. The molecule has 0 bridgehead atoms. The molecule has 0 aromatic heterocycles. The molecule has 126 valence electrons. The van der Waals surface area contributed by atoms with Crippen molar-refractivity contribution in [3.05, 3.63) is 57.6 Å². The Bertz CT molecular complexity index is 702. The van der Waals surface area contributed by atoms with E-state index in [0.29, 0.717) is 10.0 Å². The maximum absolute atomic E-state index is 6.25. The van der Waals surface area contributed by atoms with Crippen LogP contribution in [0.1, 0.15) is 11.1 Å². The molecular weight excluding hydrogens is 343 g/mol. The molecule has 0 aliphatic rings. The van der Waals surface area contributed by atoms with E-state index in [4.69, 9.17) is 23.2 Å². The van der Waals surface area contributed by atoms with E-state index in [2.05, 4.69) is 10.2 Å². The van der Waals surface area contributed by atoms with E-state index >= 15 is 0 Å². The van der Waals surface area contributed by atoms with Gasteiger partial charge in [-0.3, -0.25) is 0 Å². The average molecular weight is 363 g/mol. The number of nitrogens with zero attached hydrogens (tertiary/aromatic N) is 4. The van der Waals surface area contributed by atoms with Gasteiger partial charge in [0, 0.05) is 50.7 Å². The molecule has 0 saturated carbocycles. The van der Waals surface area contributed by atoms with Crippen LogP contribution in [0.5, 0.6) is 0 Å². The van der Waals surface area contributed by atoms with Gasteiger partial charge in [0.25, 0.3) is 0 Å². The molecule has 24 heavy (non-hydrogen) atoms. The van der Waals surface area contributed by atoms with E-state index < -0.39 is 0 Å². The molecule has 2 rings (SSSR count). The normalized spacial score (nSPS) is 11.4. The first-order valence-corrected chi connectivity index (χ1v) is 8.14. The average Bonchev–Trinajstić information content (AvgIpc) is 2.53. The van der Waals surface area contributed by atoms with E-state index in [0.717, 1.165) is 22.5 Å². The fourth-order valence-electron chi connectivity index (χ4n) is 1.99. The van der Waals surface area contributed by atoms with Crippen molar-refractivity contribution in [1.29, 1.82) is 0 Å². The highest BCUT2D eigenvalue weighted by Gasteiger charge is 2.02. The van der Waals surface area contributed by atoms with E-state index in [-0.39, 0.29) is 0 Å². The lowest BCUT2D eigenvalue weighted by atomic mass is 10.2. The lowest BCUT2D eigenvalue weighted by molar-refractivity contribution is 1.13. The number of hydrogen-bond acceptors (Lipinski definition) is 4. The standard InChI is InChI=1S/C18H20Cl2N4/c1-23(2)15-7-5-13(17(19)9-15)11-21-22-12-14-6-8-16(24(3)4)10-18(14)20/h5-12H,1-4H3. The van der Waals surface area contributed by atoms with Crippen molar-refractivity contribution in [3.8, 4) is 0 Å². The van der Waals surface area contributed by atoms with Crippen molar-refractivity contribution in [2.45, 2.75) is 0 Å². The maximum Gasteiger partial charge on any atom is 0.0583 e. The van der Waals surface area contributed by atoms with Crippen molar-refractivity contribution >= 4 is 47.0 Å². The predicted molar refractivity (Wildman–Crippen MR) is 107 cm³/mol. The summed E-state index contributed by atoms with van der Waals surface area (Å²) in [5.74, 6) is 0. The highest BCUT2D eigenvalue weighted by molar-refractivity contribution is 6.33. The lowest BCUT2D eigenvalue weighted by Gasteiger charge is -2.13. The molecule has 2 aromatic rings. The van der Waals surface area contributed by atoms with Crippen LogP contribution in [0.15, 0.2) is 46.6 Å². The molecule has 2 aromatic carbocycles. The van der Waals surface area contributed by atoms with Crippen molar-refractivity contribution in [2.24, 2.45) is 10.2 Å². The zero-order valence-electron chi connectivity index (χ0n) is 14.2. The molecule has 0 unspecified atom stereocenters. The van der Waals surface area contributed by atoms with Crippen LogP contribution in [0.25, 0.3) is 0 Å². The van der Waals surface area contributed by atoms with Gasteiger partial charge in [0.2, 0.25) is 0 Å². The summed E-state index contributed by atoms with van der Waals surface area (Å²) in [6, 6.07) is 11.6. The summed E-state index contributed by atoms with van der Waals surface area (Å²) in [6.45, 7) is 0. The Morgan fingerprint density at radius 2 is 1.08 bits per heavy atom. The molecule has 6 heteroatoms. The van der Waals surface area contributed by atoms with Gasteiger partial charge >= 0.3 is 0 Å². The van der Waals surface area contributed by atoms with Gasteiger partial charge in [0.05, 0.1) is 22.5 Å². The molecule has 0 fully saturated rings. The minimum atomic E-state index is 0.633. The minimum absolute atomic E-state index is 0.633. The number of rotatable bonds is 5. The number of halogens is 2. The second-order valence-electron chi connectivity index (χ2n) is 5.69. The van der Waals surface area contributed by atoms with Crippen LogP contribution in [0.2, 0.25) is 10.0 Å². The molecule has 0 N–H and O–H groups in total. The Kier molecular flexibility index (Phi) is 6.23. The Morgan fingerprint density at radius 3 is 1.38 bits per heavy atom. The van der Waals surface area contributed by atoms with Gasteiger partial charge in [0.15, 0.2) is 0 Å². The Balaban J connectivity index is 2.10. The monoisotopic (exact) mass is 362 g/mol. The molecule has 4 nitrogen and oxygen atoms in total. The van der Waals surface area contributed by atoms with Crippen LogP contribution < -0.4 is 9.80 Å². The Hall–Kier alpha value is -2.04. The summed E-state index contributed by atoms with van der Waals surface area (Å²) in [7, 11) is 7.87. The van der Waals surface area contributed by atoms with E-state index in [1.165, 1.54) is 0 Å². The second kappa shape index (κ2) is 8.18. The highest BCUT2D eigenvalue weighted by Crippen LogP contribution is 2.22. The molecule has 0 amide bonds. The van der Waals surface area contributed by atoms with E-state index in [1.54, 1.807) is 12.4 Å². The first-order valence-electron chi connectivity index (χ1n) is 7.38. The fraction of sp³-hybridized carbons (Fsp3) is 0.222. The zero-order chi connectivity index (χ0) is 17.7. The van der Waals surface area contributed by atoms with E-state index in [1.807, 2.05) is 74.4 Å². The summed E-state index contributed by atoms with van der Waals surface area (Å²) in [4.78, 5) is 3.98. The summed E-state index contributed by atoms with van der Waals surface area (Å²) in [6.07, 6.45) is 3.25. The molecule has 0 radical (unpaired) electrons. The van der Waals surface area contributed by atoms with Crippen LogP contribution in [0, 0.1) is 0 Å². The minimum Gasteiger partial charge on any atom is -0.378 e. The van der Waals surface area contributed by atoms with Crippen molar-refractivity contribution < 1.29 is 0 Å². The topological polar surface area (TPSA) is 31.2 Å². The maximum atomic E-state index is 6.25. The van der Waals surface area contributed by atoms with E-state index in [9.17, 15) is 0 Å². The van der Waals surface area contributed by atoms with Gasteiger partial charge in [-0.05, 0) is 36.4 Å². The third kappa shape index (κ3) is 4.73. The van der Waals surface area contributed by atoms with Crippen LogP contribution in [0.3, 0.4) is 0 Å². The summed E-state index contributed by atoms with van der Waals surface area (Å²) >= 11 is 12.5. The Morgan fingerprint density at radius 1 is 0.708 bits per heavy atom. The van der Waals surface area contributed by atoms with Crippen LogP contribution in [0.4, 0.5) is 11.4 Å². The van der Waals surface area contributed by atoms with Gasteiger partial charge in [-0.1, -0.05) is 23.2 Å². The van der Waals surface area contributed by atoms with Crippen LogP contribution >= 0.6 is 23.2 Å². The zero-order valence-corrected chi connectivity index (χ0v) is 15.7. The number of anilines is 2. The quantitative estimate of drug-likeness (QED) is 0.575. The largest absolute Gasteiger partial charge is 0.378 e. The summed E-state index contributed by atoms with van der Waals surface area (Å²) < 4.78 is 0. The second-order valence-corrected chi connectivity index (χ2v) is 6.50. The van der Waals surface area contributed by atoms with Gasteiger partial charge < -0.3 is 9.80 Å². The number of benzene rings is 2. The third-order valence-corrected chi connectivity index (χ3v) is 4.12. The fourth-order valence-corrected chi connectivity index (χ4v) is 2.44. The summed E-state index contributed by atoms with van der Waals surface area (Å²) in [5.41, 5.74) is 3.70. The predicted octanol–water partition coefficient (Wildman–Crippen LogP) is 4.58. The third-order valence-electron chi connectivity index (χ3n) is 3.46. The molecule has 0 spiro atoms. The van der Waals surface area contributed by atoms with Crippen LogP contribution in [-0.4, -0.2) is 40.6 Å². The van der Waals surface area contributed by atoms with Crippen molar-refractivity contribution in [3.63, 3.8) is 0 Å². The molecule has 0 aliphatic heterocycles. The molecule has 0 aliphatic carbocycles. The number of hydrogen-bond donors (Lipinski definition) is 0. The Labute approximate surface area is 153 Å². The lowest BCUT2D eigenvalue weighted by Crippen LogP contribution is -2.08. The van der Waals surface area contributed by atoms with Crippen molar-refractivity contribution in [1.82, 2.24) is 0 Å². The summed E-state index contributed by atoms with van der Waals surface area (Å²) in [5, 5.41) is 9.36. The van der Waals surface area contributed by atoms with Crippen LogP contribution in [-0.2, 0) is 0 Å². The first kappa shape index (κ1) is 18.3.